The molecule has 3 heteroatoms. The van der Waals surface area contributed by atoms with E-state index in [4.69, 9.17) is 0 Å². The van der Waals surface area contributed by atoms with Gasteiger partial charge in [0.2, 0.25) is 5.91 Å². The third-order valence-corrected chi connectivity index (χ3v) is 4.24. The molecule has 1 aliphatic heterocycles. The zero-order valence-electron chi connectivity index (χ0n) is 10.9. The molecule has 0 spiro atoms. The maximum atomic E-state index is 12.5. The van der Waals surface area contributed by atoms with Crippen molar-refractivity contribution in [1.82, 2.24) is 4.90 Å². The van der Waals surface area contributed by atoms with Crippen LogP contribution in [-0.2, 0) is 4.79 Å². The van der Waals surface area contributed by atoms with Crippen LogP contribution in [0.25, 0.3) is 0 Å². The van der Waals surface area contributed by atoms with Gasteiger partial charge in [-0.05, 0) is 31.1 Å². The topological polar surface area (TPSA) is 44.1 Å². The van der Waals surface area contributed by atoms with Gasteiger partial charge < -0.3 is 4.90 Å². The van der Waals surface area contributed by atoms with Gasteiger partial charge in [-0.3, -0.25) is 4.79 Å². The van der Waals surface area contributed by atoms with E-state index >= 15 is 0 Å². The van der Waals surface area contributed by atoms with E-state index in [2.05, 4.69) is 19.9 Å². The number of nitriles is 1. The molecule has 0 aromatic heterocycles. The van der Waals surface area contributed by atoms with Crippen LogP contribution >= 0.6 is 0 Å². The molecule has 0 aromatic carbocycles. The van der Waals surface area contributed by atoms with E-state index < -0.39 is 5.41 Å². The Morgan fingerprint density at radius 2 is 1.76 bits per heavy atom. The standard InChI is InChI=1S/C14H22N2O/c1-11-7-12(2)9-16(8-11)13(17)14(10-15)5-3-4-6-14/h11-12H,3-9H2,1-2H3/t11-,12-/m0/s1. The fourth-order valence-electron chi connectivity index (χ4n) is 3.48. The summed E-state index contributed by atoms with van der Waals surface area (Å²) in [6.07, 6.45) is 4.78. The highest BCUT2D eigenvalue weighted by atomic mass is 16.2. The van der Waals surface area contributed by atoms with Crippen molar-refractivity contribution in [1.29, 1.82) is 5.26 Å². The second-order valence-corrected chi connectivity index (χ2v) is 6.06. The largest absolute Gasteiger partial charge is 0.341 e. The molecule has 17 heavy (non-hydrogen) atoms. The molecule has 0 aromatic rings. The number of carbonyl (C=O) groups excluding carboxylic acids is 1. The number of amides is 1. The number of carbonyl (C=O) groups is 1. The van der Waals surface area contributed by atoms with Crippen LogP contribution in [0, 0.1) is 28.6 Å². The molecule has 0 unspecified atom stereocenters. The van der Waals surface area contributed by atoms with E-state index in [-0.39, 0.29) is 5.91 Å². The van der Waals surface area contributed by atoms with Crippen LogP contribution in [-0.4, -0.2) is 23.9 Å². The Labute approximate surface area is 104 Å². The van der Waals surface area contributed by atoms with Gasteiger partial charge in [0.1, 0.15) is 5.41 Å². The molecule has 94 valence electrons. The van der Waals surface area contributed by atoms with Crippen molar-refractivity contribution in [2.24, 2.45) is 17.3 Å². The molecule has 2 fully saturated rings. The minimum absolute atomic E-state index is 0.107. The molecular weight excluding hydrogens is 212 g/mol. The number of hydrogen-bond acceptors (Lipinski definition) is 2. The minimum atomic E-state index is -0.684. The normalized spacial score (nSPS) is 32.2. The summed E-state index contributed by atoms with van der Waals surface area (Å²) in [6.45, 7) is 6.08. The third-order valence-electron chi connectivity index (χ3n) is 4.24. The molecule has 0 bridgehead atoms. The van der Waals surface area contributed by atoms with Crippen LogP contribution in [0.2, 0.25) is 0 Å². The molecule has 2 aliphatic rings. The van der Waals surface area contributed by atoms with Gasteiger partial charge >= 0.3 is 0 Å². The van der Waals surface area contributed by atoms with Crippen LogP contribution in [0.3, 0.4) is 0 Å². The Bertz CT molecular complexity index is 329. The molecule has 3 nitrogen and oxygen atoms in total. The molecule has 2 rings (SSSR count). The van der Waals surface area contributed by atoms with E-state index in [9.17, 15) is 10.1 Å². The number of nitrogens with zero attached hydrogens (tertiary/aromatic N) is 2. The third kappa shape index (κ3) is 2.31. The SMILES string of the molecule is C[C@H]1C[C@H](C)CN(C(=O)C2(C#N)CCCC2)C1. The first-order valence-corrected chi connectivity index (χ1v) is 6.78. The van der Waals surface area contributed by atoms with Crippen molar-refractivity contribution in [3.8, 4) is 6.07 Å². The molecular formula is C14H22N2O. The molecule has 1 heterocycles. The van der Waals surface area contributed by atoms with Gasteiger partial charge in [-0.1, -0.05) is 26.7 Å². The van der Waals surface area contributed by atoms with Crippen molar-refractivity contribution in [2.45, 2.75) is 46.0 Å². The average molecular weight is 234 g/mol. The maximum Gasteiger partial charge on any atom is 0.243 e. The summed E-state index contributed by atoms with van der Waals surface area (Å²) >= 11 is 0. The average Bonchev–Trinajstić information content (AvgIpc) is 2.76. The molecule has 1 saturated carbocycles. The van der Waals surface area contributed by atoms with Crippen molar-refractivity contribution in [3.63, 3.8) is 0 Å². The van der Waals surface area contributed by atoms with Crippen molar-refractivity contribution < 1.29 is 4.79 Å². The van der Waals surface area contributed by atoms with Gasteiger partial charge in [-0.2, -0.15) is 5.26 Å². The lowest BCUT2D eigenvalue weighted by molar-refractivity contribution is -0.141. The first kappa shape index (κ1) is 12.4. The number of hydrogen-bond donors (Lipinski definition) is 0. The quantitative estimate of drug-likeness (QED) is 0.700. The zero-order chi connectivity index (χ0) is 12.5. The lowest BCUT2D eigenvalue weighted by Crippen LogP contribution is -2.48. The van der Waals surface area contributed by atoms with E-state index in [1.165, 1.54) is 6.42 Å². The zero-order valence-corrected chi connectivity index (χ0v) is 10.9. The summed E-state index contributed by atoms with van der Waals surface area (Å²) in [5.74, 6) is 1.25. The summed E-state index contributed by atoms with van der Waals surface area (Å²) in [5.41, 5.74) is -0.684. The predicted octanol–water partition coefficient (Wildman–Crippen LogP) is 2.57. The Hall–Kier alpha value is -1.04. The summed E-state index contributed by atoms with van der Waals surface area (Å²) < 4.78 is 0. The lowest BCUT2D eigenvalue weighted by Gasteiger charge is -2.38. The number of piperidine rings is 1. The Balaban J connectivity index is 2.11. The molecule has 0 N–H and O–H groups in total. The Morgan fingerprint density at radius 1 is 1.24 bits per heavy atom. The van der Waals surface area contributed by atoms with Gasteiger partial charge in [0.05, 0.1) is 6.07 Å². The van der Waals surface area contributed by atoms with Crippen LogP contribution in [0.15, 0.2) is 0 Å². The summed E-state index contributed by atoms with van der Waals surface area (Å²) in [5, 5.41) is 9.35. The molecule has 1 amide bonds. The fraction of sp³-hybridized carbons (Fsp3) is 0.857. The number of rotatable bonds is 1. The lowest BCUT2D eigenvalue weighted by atomic mass is 9.84. The molecule has 1 saturated heterocycles. The van der Waals surface area contributed by atoms with Crippen molar-refractivity contribution in [3.05, 3.63) is 0 Å². The minimum Gasteiger partial charge on any atom is -0.341 e. The second-order valence-electron chi connectivity index (χ2n) is 6.06. The van der Waals surface area contributed by atoms with E-state index in [0.29, 0.717) is 11.8 Å². The monoisotopic (exact) mass is 234 g/mol. The molecule has 0 radical (unpaired) electrons. The van der Waals surface area contributed by atoms with Crippen molar-refractivity contribution >= 4 is 5.91 Å². The van der Waals surface area contributed by atoms with Gasteiger partial charge in [0, 0.05) is 13.1 Å². The van der Waals surface area contributed by atoms with E-state index in [1.807, 2.05) is 4.90 Å². The van der Waals surface area contributed by atoms with Gasteiger partial charge in [-0.25, -0.2) is 0 Å². The smallest absolute Gasteiger partial charge is 0.243 e. The summed E-state index contributed by atoms with van der Waals surface area (Å²) in [7, 11) is 0. The van der Waals surface area contributed by atoms with Gasteiger partial charge in [0.25, 0.3) is 0 Å². The Morgan fingerprint density at radius 3 is 2.24 bits per heavy atom. The Kier molecular flexibility index (Phi) is 3.42. The summed E-state index contributed by atoms with van der Waals surface area (Å²) in [4.78, 5) is 14.5. The van der Waals surface area contributed by atoms with Gasteiger partial charge in [-0.15, -0.1) is 0 Å². The second kappa shape index (κ2) is 4.68. The van der Waals surface area contributed by atoms with E-state index in [1.54, 1.807) is 0 Å². The predicted molar refractivity (Wildman–Crippen MR) is 66.0 cm³/mol. The number of likely N-dealkylation sites (tertiary alicyclic amines) is 1. The molecule has 1 aliphatic carbocycles. The van der Waals surface area contributed by atoms with Crippen molar-refractivity contribution in [2.75, 3.05) is 13.1 Å². The molecule has 2 atom stereocenters. The van der Waals surface area contributed by atoms with Crippen LogP contribution in [0.5, 0.6) is 0 Å². The first-order valence-electron chi connectivity index (χ1n) is 6.78. The maximum absolute atomic E-state index is 12.5. The summed E-state index contributed by atoms with van der Waals surface area (Å²) in [6, 6.07) is 2.31. The highest BCUT2D eigenvalue weighted by Crippen LogP contribution is 2.40. The highest BCUT2D eigenvalue weighted by Gasteiger charge is 2.45. The van der Waals surface area contributed by atoms with Crippen LogP contribution < -0.4 is 0 Å². The van der Waals surface area contributed by atoms with E-state index in [0.717, 1.165) is 38.8 Å². The van der Waals surface area contributed by atoms with Crippen LogP contribution in [0.4, 0.5) is 0 Å². The van der Waals surface area contributed by atoms with Crippen LogP contribution in [0.1, 0.15) is 46.0 Å². The highest BCUT2D eigenvalue weighted by molar-refractivity contribution is 5.86. The fourth-order valence-corrected chi connectivity index (χ4v) is 3.48. The first-order chi connectivity index (χ1) is 8.07. The van der Waals surface area contributed by atoms with Gasteiger partial charge in [0.15, 0.2) is 0 Å².